The third-order valence-corrected chi connectivity index (χ3v) is 6.62. The quantitative estimate of drug-likeness (QED) is 0.617. The van der Waals surface area contributed by atoms with Gasteiger partial charge in [-0.15, -0.1) is 0 Å². The van der Waals surface area contributed by atoms with E-state index in [9.17, 15) is 18.0 Å². The maximum Gasteiger partial charge on any atom is 0.266 e. The molecule has 3 aromatic carbocycles. The number of hydrogen-bond acceptors (Lipinski definition) is 5. The largest absolute Gasteiger partial charge is 0.497 e. The van der Waals surface area contributed by atoms with E-state index in [0.717, 1.165) is 10.5 Å². The van der Waals surface area contributed by atoms with Crippen LogP contribution >= 0.6 is 0 Å². The van der Waals surface area contributed by atoms with Gasteiger partial charge in [-0.05, 0) is 61.5 Å². The Morgan fingerprint density at radius 2 is 1.31 bits per heavy atom. The molecular formula is C22H17NO5S. The SMILES string of the molecule is COc1ccc2c(c1)C(=O)N(c1ccc(S(=O)(=O)c3ccc(C)cc3)cc1)C2=O. The fraction of sp³-hybridized carbons (Fsp3) is 0.0909. The molecule has 0 saturated carbocycles. The van der Waals surface area contributed by atoms with Crippen molar-refractivity contribution in [1.82, 2.24) is 0 Å². The maximum atomic E-state index is 12.8. The van der Waals surface area contributed by atoms with Crippen molar-refractivity contribution in [2.24, 2.45) is 0 Å². The fourth-order valence-electron chi connectivity index (χ4n) is 3.21. The van der Waals surface area contributed by atoms with Crippen molar-refractivity contribution in [1.29, 1.82) is 0 Å². The van der Waals surface area contributed by atoms with Crippen molar-refractivity contribution in [3.8, 4) is 5.75 Å². The Balaban J connectivity index is 1.67. The Hall–Kier alpha value is -3.45. The normalized spacial score (nSPS) is 13.5. The minimum absolute atomic E-state index is 0.0865. The summed E-state index contributed by atoms with van der Waals surface area (Å²) in [5.74, 6) is -0.453. The van der Waals surface area contributed by atoms with Gasteiger partial charge in [-0.2, -0.15) is 0 Å². The summed E-state index contributed by atoms with van der Waals surface area (Å²) in [7, 11) is -2.21. The number of nitrogens with zero attached hydrogens (tertiary/aromatic N) is 1. The molecule has 0 saturated heterocycles. The van der Waals surface area contributed by atoms with Gasteiger partial charge >= 0.3 is 0 Å². The van der Waals surface area contributed by atoms with E-state index >= 15 is 0 Å². The first-order valence-electron chi connectivity index (χ1n) is 8.81. The van der Waals surface area contributed by atoms with Crippen molar-refractivity contribution in [2.45, 2.75) is 16.7 Å². The summed E-state index contributed by atoms with van der Waals surface area (Å²) in [6, 6.07) is 17.0. The number of hydrogen-bond donors (Lipinski definition) is 0. The lowest BCUT2D eigenvalue weighted by atomic mass is 10.1. The molecule has 6 nitrogen and oxygen atoms in total. The van der Waals surface area contributed by atoms with Crippen LogP contribution in [0.2, 0.25) is 0 Å². The number of imide groups is 1. The molecule has 1 heterocycles. The number of fused-ring (bicyclic) bond motifs is 1. The van der Waals surface area contributed by atoms with Gasteiger partial charge in [0, 0.05) is 0 Å². The molecule has 4 rings (SSSR count). The van der Waals surface area contributed by atoms with Crippen molar-refractivity contribution in [3.05, 3.63) is 83.4 Å². The Bertz CT molecular complexity index is 1230. The number of benzene rings is 3. The molecule has 3 aromatic rings. The van der Waals surface area contributed by atoms with Crippen LogP contribution in [-0.4, -0.2) is 27.3 Å². The van der Waals surface area contributed by atoms with Crippen LogP contribution in [0.15, 0.2) is 76.5 Å². The number of methoxy groups -OCH3 is 1. The van der Waals surface area contributed by atoms with E-state index in [-0.39, 0.29) is 20.9 Å². The Kier molecular flexibility index (Phi) is 4.47. The third-order valence-electron chi connectivity index (χ3n) is 4.83. The highest BCUT2D eigenvalue weighted by Crippen LogP contribution is 2.32. The zero-order valence-electron chi connectivity index (χ0n) is 15.7. The summed E-state index contributed by atoms with van der Waals surface area (Å²) in [6.45, 7) is 1.88. The zero-order chi connectivity index (χ0) is 20.8. The van der Waals surface area contributed by atoms with Crippen LogP contribution in [0.3, 0.4) is 0 Å². The van der Waals surface area contributed by atoms with E-state index in [1.54, 1.807) is 36.4 Å². The lowest BCUT2D eigenvalue weighted by Crippen LogP contribution is -2.29. The number of carbonyl (C=O) groups excluding carboxylic acids is 2. The Morgan fingerprint density at radius 1 is 0.759 bits per heavy atom. The van der Waals surface area contributed by atoms with Crippen LogP contribution in [0, 0.1) is 6.92 Å². The molecule has 1 aliphatic rings. The van der Waals surface area contributed by atoms with Crippen LogP contribution in [0.1, 0.15) is 26.3 Å². The summed E-state index contributed by atoms with van der Waals surface area (Å²) in [6.07, 6.45) is 0. The maximum absolute atomic E-state index is 12.8. The average molecular weight is 407 g/mol. The summed E-state index contributed by atoms with van der Waals surface area (Å²) in [4.78, 5) is 26.7. The number of anilines is 1. The predicted octanol–water partition coefficient (Wildman–Crippen LogP) is 3.64. The van der Waals surface area contributed by atoms with Crippen molar-refractivity contribution >= 4 is 27.3 Å². The molecule has 0 bridgehead atoms. The van der Waals surface area contributed by atoms with E-state index in [2.05, 4.69) is 0 Å². The van der Waals surface area contributed by atoms with Gasteiger partial charge in [0.25, 0.3) is 11.8 Å². The first kappa shape index (κ1) is 18.9. The average Bonchev–Trinajstić information content (AvgIpc) is 2.98. The second-order valence-electron chi connectivity index (χ2n) is 6.67. The van der Waals surface area contributed by atoms with E-state index < -0.39 is 21.7 Å². The topological polar surface area (TPSA) is 80.8 Å². The number of rotatable bonds is 4. The number of sulfone groups is 1. The van der Waals surface area contributed by atoms with Gasteiger partial charge in [-0.25, -0.2) is 13.3 Å². The van der Waals surface area contributed by atoms with E-state index in [0.29, 0.717) is 11.4 Å². The third kappa shape index (κ3) is 3.09. The van der Waals surface area contributed by atoms with Crippen LogP contribution in [0.25, 0.3) is 0 Å². The molecule has 146 valence electrons. The van der Waals surface area contributed by atoms with Crippen molar-refractivity contribution in [2.75, 3.05) is 12.0 Å². The molecule has 0 unspecified atom stereocenters. The highest BCUT2D eigenvalue weighted by atomic mass is 32.2. The van der Waals surface area contributed by atoms with Gasteiger partial charge in [-0.3, -0.25) is 9.59 Å². The molecule has 0 radical (unpaired) electrons. The van der Waals surface area contributed by atoms with Crippen molar-refractivity contribution in [3.63, 3.8) is 0 Å². The number of ether oxygens (including phenoxy) is 1. The lowest BCUT2D eigenvalue weighted by Gasteiger charge is -2.14. The molecule has 0 atom stereocenters. The molecule has 0 spiro atoms. The van der Waals surface area contributed by atoms with E-state index in [1.807, 2.05) is 6.92 Å². The van der Waals surface area contributed by atoms with Gasteiger partial charge in [0.1, 0.15) is 5.75 Å². The monoisotopic (exact) mass is 407 g/mol. The minimum atomic E-state index is -3.69. The molecule has 0 aromatic heterocycles. The standard InChI is InChI=1S/C22H17NO5S/c1-14-3-8-17(9-4-14)29(26,27)18-10-5-15(6-11-18)23-21(24)19-12-7-16(28-2)13-20(19)22(23)25/h3-13H,1-2H3. The van der Waals surface area contributed by atoms with Gasteiger partial charge in [-0.1, -0.05) is 17.7 Å². The fourth-order valence-corrected chi connectivity index (χ4v) is 4.47. The van der Waals surface area contributed by atoms with E-state index in [4.69, 9.17) is 4.74 Å². The number of aryl methyl sites for hydroxylation is 1. The van der Waals surface area contributed by atoms with Crippen LogP contribution in [0.5, 0.6) is 5.75 Å². The first-order chi connectivity index (χ1) is 13.8. The predicted molar refractivity (Wildman–Crippen MR) is 107 cm³/mol. The van der Waals surface area contributed by atoms with Crippen LogP contribution in [-0.2, 0) is 9.84 Å². The smallest absolute Gasteiger partial charge is 0.266 e. The summed E-state index contributed by atoms with van der Waals surface area (Å²) in [5.41, 5.74) is 1.80. The molecule has 2 amide bonds. The van der Waals surface area contributed by atoms with Crippen LogP contribution < -0.4 is 9.64 Å². The summed E-state index contributed by atoms with van der Waals surface area (Å²) < 4.78 is 30.7. The van der Waals surface area contributed by atoms with Crippen molar-refractivity contribution < 1.29 is 22.7 Å². The molecular weight excluding hydrogens is 390 g/mol. The minimum Gasteiger partial charge on any atom is -0.497 e. The van der Waals surface area contributed by atoms with Gasteiger partial charge in [0.15, 0.2) is 0 Å². The molecule has 0 aliphatic carbocycles. The second-order valence-corrected chi connectivity index (χ2v) is 8.62. The highest BCUT2D eigenvalue weighted by Gasteiger charge is 2.37. The van der Waals surface area contributed by atoms with Gasteiger partial charge in [0.2, 0.25) is 9.84 Å². The lowest BCUT2D eigenvalue weighted by molar-refractivity contribution is 0.0926. The van der Waals surface area contributed by atoms with Crippen LogP contribution in [0.4, 0.5) is 5.69 Å². The molecule has 1 aliphatic heterocycles. The number of carbonyl (C=O) groups is 2. The Labute approximate surface area is 168 Å². The number of amides is 2. The molecule has 7 heteroatoms. The van der Waals surface area contributed by atoms with E-state index in [1.165, 1.54) is 37.4 Å². The van der Waals surface area contributed by atoms with Gasteiger partial charge < -0.3 is 4.74 Å². The highest BCUT2D eigenvalue weighted by molar-refractivity contribution is 7.91. The molecule has 0 N–H and O–H groups in total. The first-order valence-corrected chi connectivity index (χ1v) is 10.3. The second kappa shape index (κ2) is 6.86. The summed E-state index contributed by atoms with van der Waals surface area (Å²) in [5, 5.41) is 0. The van der Waals surface area contributed by atoms with Gasteiger partial charge in [0.05, 0.1) is 33.7 Å². The molecule has 0 fully saturated rings. The zero-order valence-corrected chi connectivity index (χ0v) is 16.6. The molecule has 29 heavy (non-hydrogen) atoms. The summed E-state index contributed by atoms with van der Waals surface area (Å²) >= 11 is 0. The Morgan fingerprint density at radius 3 is 1.90 bits per heavy atom.